The number of hydrogen-bond acceptors (Lipinski definition) is 3. The van der Waals surface area contributed by atoms with E-state index in [-0.39, 0.29) is 17.6 Å². The van der Waals surface area contributed by atoms with Crippen molar-refractivity contribution in [2.24, 2.45) is 11.1 Å². The molecule has 2 rings (SSSR count). The number of benzene rings is 1. The molecule has 0 heterocycles. The van der Waals surface area contributed by atoms with Crippen molar-refractivity contribution in [2.75, 3.05) is 5.32 Å². The molecule has 0 aliphatic heterocycles. The monoisotopic (exact) mass is 254 g/mol. The Morgan fingerprint density at radius 2 is 1.88 bits per heavy atom. The minimum Gasteiger partial charge on any atom is -0.326 e. The molecule has 1 aliphatic carbocycles. The molecule has 17 heavy (non-hydrogen) atoms. The van der Waals surface area contributed by atoms with Crippen LogP contribution in [0.5, 0.6) is 0 Å². The molecule has 0 atom stereocenters. The van der Waals surface area contributed by atoms with Gasteiger partial charge in [0, 0.05) is 11.6 Å². The van der Waals surface area contributed by atoms with Crippen LogP contribution in [0.4, 0.5) is 5.69 Å². The molecular formula is C11H14N2O3S. The number of nitrogens with two attached hydrogens (primary N) is 1. The molecule has 1 amide bonds. The Morgan fingerprint density at radius 3 is 2.35 bits per heavy atom. The van der Waals surface area contributed by atoms with Gasteiger partial charge >= 0.3 is 0 Å². The summed E-state index contributed by atoms with van der Waals surface area (Å²) in [5.41, 5.74) is 1.29. The van der Waals surface area contributed by atoms with Gasteiger partial charge in [0.1, 0.15) is 0 Å². The van der Waals surface area contributed by atoms with Crippen LogP contribution in [0.25, 0.3) is 0 Å². The van der Waals surface area contributed by atoms with Crippen LogP contribution in [-0.2, 0) is 20.6 Å². The van der Waals surface area contributed by atoms with Gasteiger partial charge in [-0.05, 0) is 30.5 Å². The van der Waals surface area contributed by atoms with Gasteiger partial charge in [0.05, 0.1) is 5.75 Å². The van der Waals surface area contributed by atoms with Gasteiger partial charge in [0.15, 0.2) is 0 Å². The summed E-state index contributed by atoms with van der Waals surface area (Å²) in [7, 11) is -3.50. The van der Waals surface area contributed by atoms with Gasteiger partial charge in [-0.25, -0.2) is 13.6 Å². The molecule has 1 aliphatic rings. The first-order chi connectivity index (χ1) is 7.94. The number of nitrogens with one attached hydrogen (secondary N) is 1. The van der Waals surface area contributed by atoms with Crippen LogP contribution in [0, 0.1) is 5.92 Å². The van der Waals surface area contributed by atoms with E-state index in [1.807, 2.05) is 0 Å². The number of primary sulfonamides is 1. The maximum absolute atomic E-state index is 11.5. The van der Waals surface area contributed by atoms with Gasteiger partial charge in [-0.2, -0.15) is 0 Å². The van der Waals surface area contributed by atoms with Crippen LogP contribution < -0.4 is 10.5 Å². The normalized spacial score (nSPS) is 15.6. The Bertz CT molecular complexity index is 518. The summed E-state index contributed by atoms with van der Waals surface area (Å²) in [6.45, 7) is 0. The van der Waals surface area contributed by atoms with Crippen molar-refractivity contribution in [2.45, 2.75) is 18.6 Å². The average molecular weight is 254 g/mol. The molecule has 0 spiro atoms. The van der Waals surface area contributed by atoms with Crippen LogP contribution >= 0.6 is 0 Å². The summed E-state index contributed by atoms with van der Waals surface area (Å²) in [6.07, 6.45) is 1.91. The molecule has 0 unspecified atom stereocenters. The highest BCUT2D eigenvalue weighted by Gasteiger charge is 2.29. The number of hydrogen-bond donors (Lipinski definition) is 2. The van der Waals surface area contributed by atoms with Crippen LogP contribution in [0.3, 0.4) is 0 Å². The van der Waals surface area contributed by atoms with Crippen molar-refractivity contribution >= 4 is 21.6 Å². The second kappa shape index (κ2) is 4.46. The third kappa shape index (κ3) is 3.83. The summed E-state index contributed by atoms with van der Waals surface area (Å²) in [5, 5.41) is 7.71. The van der Waals surface area contributed by atoms with E-state index < -0.39 is 10.0 Å². The van der Waals surface area contributed by atoms with E-state index in [0.717, 1.165) is 12.8 Å². The predicted molar refractivity (Wildman–Crippen MR) is 64.6 cm³/mol. The molecule has 3 N–H and O–H groups in total. The Kier molecular flexibility index (Phi) is 3.17. The molecule has 0 aromatic heterocycles. The molecule has 5 nitrogen and oxygen atoms in total. The quantitative estimate of drug-likeness (QED) is 0.833. The highest BCUT2D eigenvalue weighted by molar-refractivity contribution is 7.88. The Balaban J connectivity index is 1.99. The van der Waals surface area contributed by atoms with Gasteiger partial charge in [0.25, 0.3) is 0 Å². The Labute approximate surface area is 100 Å². The van der Waals surface area contributed by atoms with Gasteiger partial charge in [-0.15, -0.1) is 0 Å². The summed E-state index contributed by atoms with van der Waals surface area (Å²) in [6, 6.07) is 6.65. The van der Waals surface area contributed by atoms with E-state index in [9.17, 15) is 13.2 Å². The lowest BCUT2D eigenvalue weighted by atomic mass is 10.2. The fraction of sp³-hybridized carbons (Fsp3) is 0.364. The zero-order valence-electron chi connectivity index (χ0n) is 9.22. The van der Waals surface area contributed by atoms with E-state index >= 15 is 0 Å². The Morgan fingerprint density at radius 1 is 1.29 bits per heavy atom. The maximum Gasteiger partial charge on any atom is 0.227 e. The summed E-state index contributed by atoms with van der Waals surface area (Å²) >= 11 is 0. The van der Waals surface area contributed by atoms with Crippen molar-refractivity contribution in [3.05, 3.63) is 29.8 Å². The van der Waals surface area contributed by atoms with Gasteiger partial charge in [-0.3, -0.25) is 4.79 Å². The summed E-state index contributed by atoms with van der Waals surface area (Å²) in [4.78, 5) is 11.5. The van der Waals surface area contributed by atoms with Gasteiger partial charge in [0.2, 0.25) is 15.9 Å². The standard InChI is InChI=1S/C11H14N2O3S/c12-17(15,16)7-8-1-5-10(6-2-8)13-11(14)9-3-4-9/h1-2,5-6,9H,3-4,7H2,(H,13,14)(H2,12,15,16). The predicted octanol–water partition coefficient (Wildman–Crippen LogP) is 0.824. The minimum atomic E-state index is -3.50. The first kappa shape index (κ1) is 12.1. The molecule has 0 radical (unpaired) electrons. The van der Waals surface area contributed by atoms with Crippen molar-refractivity contribution < 1.29 is 13.2 Å². The molecule has 1 saturated carbocycles. The number of rotatable bonds is 4. The fourth-order valence-electron chi connectivity index (χ4n) is 1.51. The van der Waals surface area contributed by atoms with E-state index in [2.05, 4.69) is 5.32 Å². The van der Waals surface area contributed by atoms with Crippen molar-refractivity contribution in [1.82, 2.24) is 0 Å². The lowest BCUT2D eigenvalue weighted by Gasteiger charge is -2.05. The van der Waals surface area contributed by atoms with Crippen molar-refractivity contribution in [3.63, 3.8) is 0 Å². The van der Waals surface area contributed by atoms with E-state index in [1.165, 1.54) is 0 Å². The third-order valence-electron chi connectivity index (χ3n) is 2.54. The summed E-state index contributed by atoms with van der Waals surface area (Å²) < 4.78 is 21.7. The van der Waals surface area contributed by atoms with E-state index in [4.69, 9.17) is 5.14 Å². The Hall–Kier alpha value is -1.40. The molecule has 92 valence electrons. The topological polar surface area (TPSA) is 89.3 Å². The second-order valence-corrected chi connectivity index (χ2v) is 5.88. The largest absolute Gasteiger partial charge is 0.326 e. The minimum absolute atomic E-state index is 0.0317. The zero-order valence-corrected chi connectivity index (χ0v) is 10.0. The molecule has 0 bridgehead atoms. The average Bonchev–Trinajstić information content (AvgIpc) is 3.02. The maximum atomic E-state index is 11.5. The first-order valence-electron chi connectivity index (χ1n) is 5.34. The first-order valence-corrected chi connectivity index (χ1v) is 7.06. The lowest BCUT2D eigenvalue weighted by Crippen LogP contribution is -2.15. The van der Waals surface area contributed by atoms with E-state index in [1.54, 1.807) is 24.3 Å². The highest BCUT2D eigenvalue weighted by Crippen LogP contribution is 2.30. The zero-order chi connectivity index (χ0) is 12.5. The number of sulfonamides is 1. The third-order valence-corrected chi connectivity index (χ3v) is 3.27. The summed E-state index contributed by atoms with van der Waals surface area (Å²) in [5.74, 6) is -0.00702. The molecule has 0 saturated heterocycles. The molecular weight excluding hydrogens is 240 g/mol. The second-order valence-electron chi connectivity index (χ2n) is 4.27. The molecule has 6 heteroatoms. The van der Waals surface area contributed by atoms with Crippen molar-refractivity contribution in [1.29, 1.82) is 0 Å². The van der Waals surface area contributed by atoms with Gasteiger partial charge in [-0.1, -0.05) is 12.1 Å². The number of carbonyl (C=O) groups excluding carboxylic acids is 1. The van der Waals surface area contributed by atoms with Crippen LogP contribution in [-0.4, -0.2) is 14.3 Å². The van der Waals surface area contributed by atoms with Crippen LogP contribution in [0.1, 0.15) is 18.4 Å². The molecule has 1 fully saturated rings. The van der Waals surface area contributed by atoms with Gasteiger partial charge < -0.3 is 5.32 Å². The van der Waals surface area contributed by atoms with Crippen LogP contribution in [0.2, 0.25) is 0 Å². The molecule has 1 aromatic rings. The molecule has 1 aromatic carbocycles. The number of anilines is 1. The SMILES string of the molecule is NS(=O)(=O)Cc1ccc(NC(=O)C2CC2)cc1. The lowest BCUT2D eigenvalue weighted by molar-refractivity contribution is -0.117. The number of amides is 1. The smallest absolute Gasteiger partial charge is 0.227 e. The van der Waals surface area contributed by atoms with Crippen LogP contribution in [0.15, 0.2) is 24.3 Å². The van der Waals surface area contributed by atoms with E-state index in [0.29, 0.717) is 11.3 Å². The fourth-order valence-corrected chi connectivity index (χ4v) is 2.16. The van der Waals surface area contributed by atoms with Crippen molar-refractivity contribution in [3.8, 4) is 0 Å². The highest BCUT2D eigenvalue weighted by atomic mass is 32.2. The number of carbonyl (C=O) groups is 1.